The van der Waals surface area contributed by atoms with Crippen LogP contribution in [0.4, 0.5) is 0 Å². The number of benzene rings is 2. The smallest absolute Gasteiger partial charge is 0.325 e. The van der Waals surface area contributed by atoms with E-state index in [9.17, 15) is 9.59 Å². The average molecular weight is 311 g/mol. The van der Waals surface area contributed by atoms with E-state index in [1.165, 1.54) is 0 Å². The van der Waals surface area contributed by atoms with Crippen LogP contribution in [0.5, 0.6) is 5.75 Å². The van der Waals surface area contributed by atoms with Crippen LogP contribution in [0.25, 0.3) is 21.8 Å². The van der Waals surface area contributed by atoms with Crippen LogP contribution < -0.4 is 10.2 Å². The van der Waals surface area contributed by atoms with Crippen LogP contribution in [0.15, 0.2) is 47.3 Å². The largest absolute Gasteiger partial charge is 0.497 e. The number of para-hydroxylation sites is 1. The first-order chi connectivity index (χ1) is 11.2. The minimum absolute atomic E-state index is 0.0530. The fourth-order valence-electron chi connectivity index (χ4n) is 2.74. The van der Waals surface area contributed by atoms with E-state index in [1.54, 1.807) is 38.3 Å². The number of methoxy groups -OCH3 is 1. The summed E-state index contributed by atoms with van der Waals surface area (Å²) in [5.74, 6) is 0.269. The lowest BCUT2D eigenvalue weighted by atomic mass is 10.1. The van der Waals surface area contributed by atoms with Crippen LogP contribution in [-0.2, 0) is 16.1 Å². The highest BCUT2D eigenvalue weighted by Crippen LogP contribution is 2.23. The molecule has 0 radical (unpaired) electrons. The molecule has 0 aliphatic rings. The van der Waals surface area contributed by atoms with Gasteiger partial charge in [-0.15, -0.1) is 0 Å². The minimum Gasteiger partial charge on any atom is -0.497 e. The molecular formula is C18H17NO4. The Morgan fingerprint density at radius 3 is 2.57 bits per heavy atom. The van der Waals surface area contributed by atoms with Gasteiger partial charge >= 0.3 is 5.97 Å². The van der Waals surface area contributed by atoms with Crippen molar-refractivity contribution in [3.8, 4) is 5.75 Å². The lowest BCUT2D eigenvalue weighted by Gasteiger charge is -2.15. The molecule has 0 spiro atoms. The molecule has 0 fully saturated rings. The van der Waals surface area contributed by atoms with Crippen LogP contribution in [0.2, 0.25) is 0 Å². The van der Waals surface area contributed by atoms with E-state index in [0.717, 1.165) is 0 Å². The zero-order valence-corrected chi connectivity index (χ0v) is 13.0. The molecule has 118 valence electrons. The molecule has 1 heterocycles. The van der Waals surface area contributed by atoms with Gasteiger partial charge in [-0.05, 0) is 37.3 Å². The summed E-state index contributed by atoms with van der Waals surface area (Å²) in [5, 5.41) is 1.09. The fourth-order valence-corrected chi connectivity index (χ4v) is 2.74. The molecule has 23 heavy (non-hydrogen) atoms. The van der Waals surface area contributed by atoms with Gasteiger partial charge in [0.1, 0.15) is 12.3 Å². The van der Waals surface area contributed by atoms with Crippen LogP contribution in [-0.4, -0.2) is 24.3 Å². The molecule has 0 aliphatic heterocycles. The van der Waals surface area contributed by atoms with Gasteiger partial charge in [-0.1, -0.05) is 12.1 Å². The topological polar surface area (TPSA) is 57.5 Å². The first-order valence-electron chi connectivity index (χ1n) is 7.40. The summed E-state index contributed by atoms with van der Waals surface area (Å²) in [5.41, 5.74) is 1.32. The Labute approximate surface area is 133 Å². The Hall–Kier alpha value is -2.82. The quantitative estimate of drug-likeness (QED) is 0.549. The van der Waals surface area contributed by atoms with E-state index in [1.807, 2.05) is 22.8 Å². The van der Waals surface area contributed by atoms with Gasteiger partial charge in [-0.2, -0.15) is 0 Å². The summed E-state index contributed by atoms with van der Waals surface area (Å²) >= 11 is 0. The normalized spacial score (nSPS) is 10.9. The fraction of sp³-hybridized carbons (Fsp3) is 0.222. The zero-order valence-electron chi connectivity index (χ0n) is 13.0. The van der Waals surface area contributed by atoms with E-state index in [4.69, 9.17) is 9.47 Å². The van der Waals surface area contributed by atoms with Crippen molar-refractivity contribution in [3.05, 3.63) is 52.7 Å². The highest BCUT2D eigenvalue weighted by molar-refractivity contribution is 5.95. The van der Waals surface area contributed by atoms with Gasteiger partial charge in [0.15, 0.2) is 5.43 Å². The molecule has 0 atom stereocenters. The van der Waals surface area contributed by atoms with Crippen molar-refractivity contribution < 1.29 is 14.3 Å². The van der Waals surface area contributed by atoms with Gasteiger partial charge in [0.25, 0.3) is 0 Å². The first-order valence-corrected chi connectivity index (χ1v) is 7.40. The van der Waals surface area contributed by atoms with Crippen LogP contribution in [0, 0.1) is 0 Å². The predicted octanol–water partition coefficient (Wildman–Crippen LogP) is 2.73. The number of carbonyl (C=O) groups excluding carboxylic acids is 1. The maximum absolute atomic E-state index is 12.7. The third-order valence-electron chi connectivity index (χ3n) is 3.77. The Kier molecular flexibility index (Phi) is 4.02. The molecule has 0 amide bonds. The van der Waals surface area contributed by atoms with Gasteiger partial charge in [0, 0.05) is 10.8 Å². The first kappa shape index (κ1) is 15.1. The van der Waals surface area contributed by atoms with Crippen molar-refractivity contribution >= 4 is 27.8 Å². The Morgan fingerprint density at radius 1 is 1.09 bits per heavy atom. The molecule has 5 heteroatoms. The third-order valence-corrected chi connectivity index (χ3v) is 3.77. The van der Waals surface area contributed by atoms with E-state index >= 15 is 0 Å². The van der Waals surface area contributed by atoms with Crippen molar-refractivity contribution in [1.82, 2.24) is 4.57 Å². The minimum atomic E-state index is -0.335. The Bertz CT molecular complexity index is 943. The summed E-state index contributed by atoms with van der Waals surface area (Å²) in [4.78, 5) is 24.7. The van der Waals surface area contributed by atoms with Crippen molar-refractivity contribution in [2.45, 2.75) is 13.5 Å². The summed E-state index contributed by atoms with van der Waals surface area (Å²) < 4.78 is 12.1. The highest BCUT2D eigenvalue weighted by atomic mass is 16.5. The molecule has 0 unspecified atom stereocenters. The SMILES string of the molecule is CCOC(=O)Cn1c2ccccc2c(=O)c2cc(OC)ccc21. The maximum atomic E-state index is 12.7. The number of hydrogen-bond acceptors (Lipinski definition) is 4. The molecule has 1 aromatic heterocycles. The Balaban J connectivity index is 2.35. The molecule has 0 aliphatic carbocycles. The van der Waals surface area contributed by atoms with Crippen LogP contribution in [0.1, 0.15) is 6.92 Å². The number of carbonyl (C=O) groups is 1. The van der Waals surface area contributed by atoms with Gasteiger partial charge in [-0.25, -0.2) is 0 Å². The number of pyridine rings is 1. The second-order valence-corrected chi connectivity index (χ2v) is 5.12. The molecule has 0 N–H and O–H groups in total. The predicted molar refractivity (Wildman–Crippen MR) is 88.9 cm³/mol. The van der Waals surface area contributed by atoms with Crippen molar-refractivity contribution in [2.75, 3.05) is 13.7 Å². The zero-order chi connectivity index (χ0) is 16.4. The maximum Gasteiger partial charge on any atom is 0.325 e. The van der Waals surface area contributed by atoms with Gasteiger partial charge in [-0.3, -0.25) is 9.59 Å². The summed E-state index contributed by atoms with van der Waals surface area (Å²) in [6.07, 6.45) is 0. The molecule has 0 bridgehead atoms. The van der Waals surface area contributed by atoms with Gasteiger partial charge in [0.05, 0.1) is 24.8 Å². The van der Waals surface area contributed by atoms with Crippen molar-refractivity contribution in [2.24, 2.45) is 0 Å². The summed E-state index contributed by atoms with van der Waals surface area (Å²) in [6.45, 7) is 2.14. The lowest BCUT2D eigenvalue weighted by molar-refractivity contribution is -0.143. The number of rotatable bonds is 4. The molecule has 3 rings (SSSR count). The number of hydrogen-bond donors (Lipinski definition) is 0. The second-order valence-electron chi connectivity index (χ2n) is 5.12. The number of fused-ring (bicyclic) bond motifs is 2. The van der Waals surface area contributed by atoms with E-state index in [-0.39, 0.29) is 17.9 Å². The monoisotopic (exact) mass is 311 g/mol. The lowest BCUT2D eigenvalue weighted by Crippen LogP contribution is -2.18. The average Bonchev–Trinajstić information content (AvgIpc) is 2.58. The molecule has 0 saturated carbocycles. The summed E-state index contributed by atoms with van der Waals surface area (Å²) in [7, 11) is 1.55. The molecule has 2 aromatic carbocycles. The van der Waals surface area contributed by atoms with E-state index in [2.05, 4.69) is 0 Å². The third kappa shape index (κ3) is 2.65. The number of aromatic nitrogens is 1. The van der Waals surface area contributed by atoms with Crippen molar-refractivity contribution in [1.29, 1.82) is 0 Å². The number of ether oxygens (including phenoxy) is 2. The molecular weight excluding hydrogens is 294 g/mol. The van der Waals surface area contributed by atoms with Crippen LogP contribution in [0.3, 0.4) is 0 Å². The van der Waals surface area contributed by atoms with Crippen LogP contribution >= 0.6 is 0 Å². The highest BCUT2D eigenvalue weighted by Gasteiger charge is 2.14. The van der Waals surface area contributed by atoms with Gasteiger partial charge < -0.3 is 14.0 Å². The Morgan fingerprint density at radius 2 is 1.83 bits per heavy atom. The standard InChI is InChI=1S/C18H17NO4/c1-3-23-17(20)11-19-15-7-5-4-6-13(15)18(21)14-10-12(22-2)8-9-16(14)19/h4-10H,3,11H2,1-2H3. The number of esters is 1. The molecule has 3 aromatic rings. The molecule has 5 nitrogen and oxygen atoms in total. The van der Waals surface area contributed by atoms with Crippen molar-refractivity contribution in [3.63, 3.8) is 0 Å². The summed E-state index contributed by atoms with van der Waals surface area (Å²) in [6, 6.07) is 12.5. The second kappa shape index (κ2) is 6.12. The van der Waals surface area contributed by atoms with E-state index < -0.39 is 0 Å². The van der Waals surface area contributed by atoms with E-state index in [0.29, 0.717) is 34.2 Å². The molecule has 0 saturated heterocycles. The number of nitrogens with zero attached hydrogens (tertiary/aromatic N) is 1. The van der Waals surface area contributed by atoms with Gasteiger partial charge in [0.2, 0.25) is 0 Å².